The van der Waals surface area contributed by atoms with E-state index in [0.29, 0.717) is 5.56 Å². The number of amides is 1. The summed E-state index contributed by atoms with van der Waals surface area (Å²) in [6, 6.07) is 4.21. The van der Waals surface area contributed by atoms with Crippen molar-refractivity contribution in [3.8, 4) is 0 Å². The first kappa shape index (κ1) is 18.1. The normalized spacial score (nSPS) is 11.4. The van der Waals surface area contributed by atoms with Crippen molar-refractivity contribution in [2.45, 2.75) is 11.8 Å². The zero-order chi connectivity index (χ0) is 17.1. The molecule has 0 heterocycles. The van der Waals surface area contributed by atoms with Crippen molar-refractivity contribution in [3.05, 3.63) is 29.3 Å². The molecule has 0 saturated carbocycles. The lowest BCUT2D eigenvalue weighted by Crippen LogP contribution is -2.28. The van der Waals surface area contributed by atoms with Crippen LogP contribution in [0.5, 0.6) is 0 Å². The summed E-state index contributed by atoms with van der Waals surface area (Å²) in [5.74, 6) is -1.09. The number of esters is 1. The van der Waals surface area contributed by atoms with Crippen LogP contribution < -0.4 is 0 Å². The molecule has 0 fully saturated rings. The van der Waals surface area contributed by atoms with Crippen molar-refractivity contribution in [2.75, 3.05) is 34.8 Å². The minimum atomic E-state index is -3.64. The van der Waals surface area contributed by atoms with Gasteiger partial charge in [0.2, 0.25) is 10.0 Å². The van der Waals surface area contributed by atoms with E-state index in [9.17, 15) is 18.0 Å². The van der Waals surface area contributed by atoms with Crippen molar-refractivity contribution in [2.24, 2.45) is 0 Å². The van der Waals surface area contributed by atoms with Crippen molar-refractivity contribution in [3.63, 3.8) is 0 Å². The fourth-order valence-corrected chi connectivity index (χ4v) is 2.45. The highest BCUT2D eigenvalue weighted by molar-refractivity contribution is 7.89. The summed E-state index contributed by atoms with van der Waals surface area (Å²) in [6.07, 6.45) is 0. The van der Waals surface area contributed by atoms with Crippen LogP contribution in [0.3, 0.4) is 0 Å². The van der Waals surface area contributed by atoms with E-state index in [2.05, 4.69) is 0 Å². The summed E-state index contributed by atoms with van der Waals surface area (Å²) in [7, 11) is 2.26. The van der Waals surface area contributed by atoms with Crippen LogP contribution in [0.25, 0.3) is 0 Å². The zero-order valence-electron chi connectivity index (χ0n) is 13.3. The van der Waals surface area contributed by atoms with Crippen LogP contribution in [0.15, 0.2) is 23.1 Å². The van der Waals surface area contributed by atoms with Crippen LogP contribution in [0.4, 0.5) is 0 Å². The quantitative estimate of drug-likeness (QED) is 0.735. The standard InChI is InChI=1S/C14H20N2O5S/c1-10-6-7-11(22(19,20)16(4)5)8-12(10)14(18)21-9-13(17)15(2)3/h6-8H,9H2,1-5H3. The van der Waals surface area contributed by atoms with E-state index in [1.165, 1.54) is 37.2 Å². The Kier molecular flexibility index (Phi) is 5.67. The predicted octanol–water partition coefficient (Wildman–Crippen LogP) is 0.490. The first-order valence-corrected chi connectivity index (χ1v) is 7.92. The van der Waals surface area contributed by atoms with Crippen LogP contribution in [0.1, 0.15) is 15.9 Å². The maximum atomic E-state index is 12.1. The molecule has 22 heavy (non-hydrogen) atoms. The fraction of sp³-hybridized carbons (Fsp3) is 0.429. The molecule has 1 aromatic carbocycles. The lowest BCUT2D eigenvalue weighted by molar-refractivity contribution is -0.131. The van der Waals surface area contributed by atoms with Gasteiger partial charge in [0.15, 0.2) is 6.61 Å². The first-order chi connectivity index (χ1) is 10.1. The number of likely N-dealkylation sites (N-methyl/N-ethyl adjacent to an activating group) is 1. The topological polar surface area (TPSA) is 84.0 Å². The highest BCUT2D eigenvalue weighted by Gasteiger charge is 2.21. The Labute approximate surface area is 130 Å². The van der Waals surface area contributed by atoms with Crippen molar-refractivity contribution >= 4 is 21.9 Å². The number of benzene rings is 1. The molecule has 7 nitrogen and oxygen atoms in total. The summed E-state index contributed by atoms with van der Waals surface area (Å²) in [6.45, 7) is 1.27. The van der Waals surface area contributed by atoms with E-state index >= 15 is 0 Å². The Morgan fingerprint density at radius 2 is 1.73 bits per heavy atom. The van der Waals surface area contributed by atoms with Gasteiger partial charge in [-0.3, -0.25) is 4.79 Å². The molecule has 0 atom stereocenters. The molecule has 0 aromatic heterocycles. The average Bonchev–Trinajstić information content (AvgIpc) is 2.44. The summed E-state index contributed by atoms with van der Waals surface area (Å²) < 4.78 is 30.2. The third-order valence-electron chi connectivity index (χ3n) is 3.03. The average molecular weight is 328 g/mol. The SMILES string of the molecule is Cc1ccc(S(=O)(=O)N(C)C)cc1C(=O)OCC(=O)N(C)C. The van der Waals surface area contributed by atoms with Gasteiger partial charge in [0, 0.05) is 28.2 Å². The van der Waals surface area contributed by atoms with E-state index < -0.39 is 22.6 Å². The molecule has 1 aromatic rings. The maximum absolute atomic E-state index is 12.1. The number of hydrogen-bond acceptors (Lipinski definition) is 5. The molecule has 0 radical (unpaired) electrons. The summed E-state index contributed by atoms with van der Waals surface area (Å²) >= 11 is 0. The van der Waals surface area contributed by atoms with Crippen LogP contribution in [-0.2, 0) is 19.6 Å². The minimum absolute atomic E-state index is 0.00557. The van der Waals surface area contributed by atoms with Gasteiger partial charge >= 0.3 is 5.97 Å². The summed E-state index contributed by atoms with van der Waals surface area (Å²) in [4.78, 5) is 24.8. The number of hydrogen-bond donors (Lipinski definition) is 0. The second-order valence-electron chi connectivity index (χ2n) is 5.13. The second-order valence-corrected chi connectivity index (χ2v) is 7.28. The Hall–Kier alpha value is -1.93. The van der Waals surface area contributed by atoms with E-state index in [1.807, 2.05) is 0 Å². The Balaban J connectivity index is 3.05. The third-order valence-corrected chi connectivity index (χ3v) is 4.84. The minimum Gasteiger partial charge on any atom is -0.452 e. The number of nitrogens with zero attached hydrogens (tertiary/aromatic N) is 2. The largest absolute Gasteiger partial charge is 0.452 e. The number of rotatable bonds is 5. The van der Waals surface area contributed by atoms with Gasteiger partial charge in [-0.25, -0.2) is 17.5 Å². The smallest absolute Gasteiger partial charge is 0.338 e. The van der Waals surface area contributed by atoms with Gasteiger partial charge in [-0.1, -0.05) is 6.07 Å². The summed E-state index contributed by atoms with van der Waals surface area (Å²) in [5, 5.41) is 0. The van der Waals surface area contributed by atoms with E-state index in [1.54, 1.807) is 21.0 Å². The monoisotopic (exact) mass is 328 g/mol. The predicted molar refractivity (Wildman–Crippen MR) is 81.0 cm³/mol. The highest BCUT2D eigenvalue weighted by atomic mass is 32.2. The van der Waals surface area contributed by atoms with Gasteiger partial charge in [0.1, 0.15) is 0 Å². The molecular weight excluding hydrogens is 308 g/mol. The molecule has 0 saturated heterocycles. The Morgan fingerprint density at radius 1 is 1.14 bits per heavy atom. The van der Waals surface area contributed by atoms with E-state index in [0.717, 1.165) is 4.31 Å². The molecule has 0 aliphatic carbocycles. The van der Waals surface area contributed by atoms with E-state index in [-0.39, 0.29) is 16.4 Å². The third kappa shape index (κ3) is 4.05. The van der Waals surface area contributed by atoms with Gasteiger partial charge < -0.3 is 9.64 Å². The van der Waals surface area contributed by atoms with Gasteiger partial charge in [0.05, 0.1) is 10.5 Å². The van der Waals surface area contributed by atoms with Crippen molar-refractivity contribution in [1.82, 2.24) is 9.21 Å². The number of ether oxygens (including phenoxy) is 1. The molecule has 0 aliphatic rings. The lowest BCUT2D eigenvalue weighted by atomic mass is 10.1. The molecule has 0 aliphatic heterocycles. The molecule has 0 N–H and O–H groups in total. The van der Waals surface area contributed by atoms with Crippen molar-refractivity contribution in [1.29, 1.82) is 0 Å². The van der Waals surface area contributed by atoms with Gasteiger partial charge in [-0.15, -0.1) is 0 Å². The van der Waals surface area contributed by atoms with Gasteiger partial charge in [0.25, 0.3) is 5.91 Å². The first-order valence-electron chi connectivity index (χ1n) is 6.48. The zero-order valence-corrected chi connectivity index (χ0v) is 14.1. The van der Waals surface area contributed by atoms with E-state index in [4.69, 9.17) is 4.74 Å². The molecular formula is C14H20N2O5S. The molecule has 0 spiro atoms. The number of sulfonamides is 1. The van der Waals surface area contributed by atoms with Crippen LogP contribution in [-0.4, -0.2) is 64.3 Å². The summed E-state index contributed by atoms with van der Waals surface area (Å²) in [5.41, 5.74) is 0.689. The van der Waals surface area contributed by atoms with Gasteiger partial charge in [-0.05, 0) is 24.6 Å². The molecule has 1 amide bonds. The van der Waals surface area contributed by atoms with Crippen LogP contribution in [0, 0.1) is 6.92 Å². The molecule has 8 heteroatoms. The van der Waals surface area contributed by atoms with Crippen LogP contribution in [0.2, 0.25) is 0 Å². The Bertz CT molecular complexity index is 680. The molecule has 0 unspecified atom stereocenters. The fourth-order valence-electron chi connectivity index (χ4n) is 1.53. The lowest BCUT2D eigenvalue weighted by Gasteiger charge is -2.14. The Morgan fingerprint density at radius 3 is 2.23 bits per heavy atom. The molecule has 1 rings (SSSR count). The highest BCUT2D eigenvalue weighted by Crippen LogP contribution is 2.18. The number of carbonyl (C=O) groups is 2. The number of aryl methyl sites for hydroxylation is 1. The maximum Gasteiger partial charge on any atom is 0.338 e. The second kappa shape index (κ2) is 6.89. The van der Waals surface area contributed by atoms with Crippen LogP contribution >= 0.6 is 0 Å². The molecule has 0 bridgehead atoms. The van der Waals surface area contributed by atoms with Crippen molar-refractivity contribution < 1.29 is 22.7 Å². The van der Waals surface area contributed by atoms with Gasteiger partial charge in [-0.2, -0.15) is 0 Å². The number of carbonyl (C=O) groups excluding carboxylic acids is 2. The molecule has 122 valence electrons.